The summed E-state index contributed by atoms with van der Waals surface area (Å²) in [5.41, 5.74) is 4.13. The molecule has 0 fully saturated rings. The van der Waals surface area contributed by atoms with Crippen molar-refractivity contribution in [1.29, 1.82) is 0 Å². The number of oxime groups is 1. The Morgan fingerprint density at radius 3 is 2.65 bits per heavy atom. The Morgan fingerprint density at radius 2 is 1.92 bits per heavy atom. The summed E-state index contributed by atoms with van der Waals surface area (Å²) in [6, 6.07) is 14.9. The molecule has 0 atom stereocenters. The summed E-state index contributed by atoms with van der Waals surface area (Å²) in [5, 5.41) is 8.46. The minimum Gasteiger partial charge on any atom is -0.391 e. The molecule has 3 rings (SSSR count). The van der Waals surface area contributed by atoms with E-state index in [0.717, 1.165) is 33.4 Å². The minimum absolute atomic E-state index is 0.102. The molecule has 1 N–H and O–H groups in total. The summed E-state index contributed by atoms with van der Waals surface area (Å²) >= 11 is 6.20. The number of anilines is 1. The zero-order valence-electron chi connectivity index (χ0n) is 14.5. The van der Waals surface area contributed by atoms with Gasteiger partial charge in [0.2, 0.25) is 5.91 Å². The first-order chi connectivity index (χ1) is 12.5. The first-order valence-corrected chi connectivity index (χ1v) is 8.49. The lowest BCUT2D eigenvalue weighted by Gasteiger charge is -2.07. The molecule has 0 saturated heterocycles. The standard InChI is InChI=1S/C20H18ClN3O2/c1-13(15-5-8-17(9-6-15)23-14(2)25)24-26-12-16-7-10-19(21)18-4-3-11-22-20(16)18/h3-11H,12H2,1-2H3,(H,23,25)/b24-13+. The van der Waals surface area contributed by atoms with Crippen molar-refractivity contribution in [2.24, 2.45) is 5.16 Å². The third kappa shape index (κ3) is 4.18. The molecule has 3 aromatic rings. The van der Waals surface area contributed by atoms with Gasteiger partial charge in [-0.3, -0.25) is 9.78 Å². The normalized spacial score (nSPS) is 11.4. The van der Waals surface area contributed by atoms with Gasteiger partial charge in [0, 0.05) is 34.8 Å². The minimum atomic E-state index is -0.102. The van der Waals surface area contributed by atoms with Crippen molar-refractivity contribution >= 4 is 39.8 Å². The molecule has 2 aromatic carbocycles. The van der Waals surface area contributed by atoms with Crippen LogP contribution in [0.25, 0.3) is 10.9 Å². The van der Waals surface area contributed by atoms with E-state index in [1.54, 1.807) is 6.20 Å². The lowest BCUT2D eigenvalue weighted by Crippen LogP contribution is -2.06. The van der Waals surface area contributed by atoms with Crippen LogP contribution in [-0.4, -0.2) is 16.6 Å². The van der Waals surface area contributed by atoms with E-state index in [4.69, 9.17) is 16.4 Å². The Kier molecular flexibility index (Phi) is 5.49. The van der Waals surface area contributed by atoms with Crippen LogP contribution >= 0.6 is 11.6 Å². The number of hydrogen-bond donors (Lipinski definition) is 1. The SMILES string of the molecule is CC(=O)Nc1ccc(/C(C)=N/OCc2ccc(Cl)c3cccnc23)cc1. The number of pyridine rings is 1. The van der Waals surface area contributed by atoms with Crippen LogP contribution in [0.4, 0.5) is 5.69 Å². The second-order valence-corrected chi connectivity index (χ2v) is 6.22. The average Bonchev–Trinajstić information content (AvgIpc) is 2.64. The number of carbonyl (C=O) groups excluding carboxylic acids is 1. The van der Waals surface area contributed by atoms with Crippen LogP contribution in [0.1, 0.15) is 25.0 Å². The van der Waals surface area contributed by atoms with E-state index in [-0.39, 0.29) is 5.91 Å². The summed E-state index contributed by atoms with van der Waals surface area (Å²) in [5.74, 6) is -0.102. The molecule has 0 aliphatic rings. The van der Waals surface area contributed by atoms with Crippen LogP contribution < -0.4 is 5.32 Å². The smallest absolute Gasteiger partial charge is 0.221 e. The van der Waals surface area contributed by atoms with E-state index < -0.39 is 0 Å². The molecule has 132 valence electrons. The van der Waals surface area contributed by atoms with Gasteiger partial charge in [0.05, 0.1) is 11.2 Å². The van der Waals surface area contributed by atoms with Gasteiger partial charge in [-0.05, 0) is 42.8 Å². The number of nitrogens with zero attached hydrogens (tertiary/aromatic N) is 2. The second kappa shape index (κ2) is 7.97. The summed E-state index contributed by atoms with van der Waals surface area (Å²) in [7, 11) is 0. The van der Waals surface area contributed by atoms with Crippen molar-refractivity contribution in [1.82, 2.24) is 4.98 Å². The molecule has 1 heterocycles. The maximum Gasteiger partial charge on any atom is 0.221 e. The average molecular weight is 368 g/mol. The number of nitrogens with one attached hydrogen (secondary N) is 1. The summed E-state index contributed by atoms with van der Waals surface area (Å²) < 4.78 is 0. The molecule has 1 aromatic heterocycles. The van der Waals surface area contributed by atoms with Crippen molar-refractivity contribution in [3.63, 3.8) is 0 Å². The lowest BCUT2D eigenvalue weighted by atomic mass is 10.1. The lowest BCUT2D eigenvalue weighted by molar-refractivity contribution is -0.114. The van der Waals surface area contributed by atoms with Gasteiger partial charge in [-0.2, -0.15) is 0 Å². The van der Waals surface area contributed by atoms with E-state index in [1.165, 1.54) is 6.92 Å². The van der Waals surface area contributed by atoms with E-state index in [0.29, 0.717) is 11.6 Å². The van der Waals surface area contributed by atoms with Crippen molar-refractivity contribution < 1.29 is 9.63 Å². The quantitative estimate of drug-likeness (QED) is 0.521. The van der Waals surface area contributed by atoms with E-state index in [1.807, 2.05) is 55.5 Å². The predicted molar refractivity (Wildman–Crippen MR) is 104 cm³/mol. The van der Waals surface area contributed by atoms with Crippen LogP contribution in [0.2, 0.25) is 5.02 Å². The van der Waals surface area contributed by atoms with E-state index >= 15 is 0 Å². The zero-order valence-corrected chi connectivity index (χ0v) is 15.2. The molecular weight excluding hydrogens is 350 g/mol. The Hall–Kier alpha value is -2.92. The number of benzene rings is 2. The highest BCUT2D eigenvalue weighted by Crippen LogP contribution is 2.25. The molecule has 0 spiro atoms. The number of aromatic nitrogens is 1. The summed E-state index contributed by atoms with van der Waals surface area (Å²) in [6.07, 6.45) is 1.73. The van der Waals surface area contributed by atoms with Gasteiger partial charge in [-0.1, -0.05) is 35.0 Å². The van der Waals surface area contributed by atoms with Gasteiger partial charge < -0.3 is 10.2 Å². The zero-order chi connectivity index (χ0) is 18.5. The number of carbonyl (C=O) groups is 1. The second-order valence-electron chi connectivity index (χ2n) is 5.81. The molecule has 6 heteroatoms. The molecule has 0 bridgehead atoms. The summed E-state index contributed by atoms with van der Waals surface area (Å²) in [4.78, 5) is 21.0. The van der Waals surface area contributed by atoms with Crippen LogP contribution in [0, 0.1) is 0 Å². The molecular formula is C20H18ClN3O2. The maximum absolute atomic E-state index is 11.1. The fourth-order valence-corrected chi connectivity index (χ4v) is 2.78. The fourth-order valence-electron chi connectivity index (χ4n) is 2.56. The monoisotopic (exact) mass is 367 g/mol. The topological polar surface area (TPSA) is 63.6 Å². The molecule has 0 unspecified atom stereocenters. The predicted octanol–water partition coefficient (Wildman–Crippen LogP) is 4.79. The van der Waals surface area contributed by atoms with E-state index in [2.05, 4.69) is 15.5 Å². The Bertz CT molecular complexity index is 968. The third-order valence-electron chi connectivity index (χ3n) is 3.84. The van der Waals surface area contributed by atoms with Crippen LogP contribution in [0.15, 0.2) is 59.9 Å². The molecule has 0 aliphatic carbocycles. The van der Waals surface area contributed by atoms with Crippen molar-refractivity contribution in [3.05, 3.63) is 70.9 Å². The molecule has 0 aliphatic heterocycles. The maximum atomic E-state index is 11.1. The number of rotatable bonds is 5. The number of amides is 1. The first kappa shape index (κ1) is 17.9. The summed E-state index contributed by atoms with van der Waals surface area (Å²) in [6.45, 7) is 3.64. The highest BCUT2D eigenvalue weighted by atomic mass is 35.5. The largest absolute Gasteiger partial charge is 0.391 e. The highest BCUT2D eigenvalue weighted by Gasteiger charge is 2.06. The van der Waals surface area contributed by atoms with Crippen molar-refractivity contribution in [3.8, 4) is 0 Å². The highest BCUT2D eigenvalue weighted by molar-refractivity contribution is 6.35. The van der Waals surface area contributed by atoms with Crippen LogP contribution in [0.3, 0.4) is 0 Å². The molecule has 26 heavy (non-hydrogen) atoms. The Balaban J connectivity index is 1.70. The Morgan fingerprint density at radius 1 is 1.15 bits per heavy atom. The molecule has 1 amide bonds. The van der Waals surface area contributed by atoms with Gasteiger partial charge in [-0.15, -0.1) is 0 Å². The van der Waals surface area contributed by atoms with Crippen molar-refractivity contribution in [2.45, 2.75) is 20.5 Å². The molecule has 0 radical (unpaired) electrons. The van der Waals surface area contributed by atoms with E-state index in [9.17, 15) is 4.79 Å². The third-order valence-corrected chi connectivity index (χ3v) is 4.17. The van der Waals surface area contributed by atoms with Crippen LogP contribution in [-0.2, 0) is 16.2 Å². The Labute approximate surface area is 156 Å². The van der Waals surface area contributed by atoms with Crippen molar-refractivity contribution in [2.75, 3.05) is 5.32 Å². The van der Waals surface area contributed by atoms with Gasteiger partial charge in [0.15, 0.2) is 0 Å². The molecule has 5 nitrogen and oxygen atoms in total. The number of fused-ring (bicyclic) bond motifs is 1. The molecule has 0 saturated carbocycles. The number of halogens is 1. The van der Waals surface area contributed by atoms with Gasteiger partial charge in [0.1, 0.15) is 6.61 Å². The number of hydrogen-bond acceptors (Lipinski definition) is 4. The van der Waals surface area contributed by atoms with Gasteiger partial charge in [0.25, 0.3) is 0 Å². The first-order valence-electron chi connectivity index (χ1n) is 8.11. The van der Waals surface area contributed by atoms with Crippen LogP contribution in [0.5, 0.6) is 0 Å². The van der Waals surface area contributed by atoms with Gasteiger partial charge >= 0.3 is 0 Å². The van der Waals surface area contributed by atoms with Gasteiger partial charge in [-0.25, -0.2) is 0 Å². The fraction of sp³-hybridized carbons (Fsp3) is 0.150.